The lowest BCUT2D eigenvalue weighted by molar-refractivity contribution is -0.137. The van der Waals surface area contributed by atoms with Crippen molar-refractivity contribution >= 4 is 16.2 Å². The second kappa shape index (κ2) is 4.91. The number of carbonyl (C=O) groups is 1. The molecule has 15 heavy (non-hydrogen) atoms. The molecule has 1 fully saturated rings. The molecule has 0 atom stereocenters. The molecule has 6 nitrogen and oxygen atoms in total. The highest BCUT2D eigenvalue weighted by Gasteiger charge is 2.36. The van der Waals surface area contributed by atoms with E-state index in [1.807, 2.05) is 0 Å². The number of carboxylic acid groups (broad SMARTS) is 1. The molecule has 0 amide bonds. The summed E-state index contributed by atoms with van der Waals surface area (Å²) < 4.78 is 26.9. The van der Waals surface area contributed by atoms with Crippen molar-refractivity contribution in [3.05, 3.63) is 0 Å². The number of rotatable bonds is 7. The Labute approximate surface area is 89.4 Å². The molecular weight excluding hydrogens is 220 g/mol. The van der Waals surface area contributed by atoms with Crippen molar-refractivity contribution in [2.75, 3.05) is 13.1 Å². The van der Waals surface area contributed by atoms with E-state index in [-0.39, 0.29) is 19.0 Å². The van der Waals surface area contributed by atoms with Crippen LogP contribution in [0.25, 0.3) is 0 Å². The molecule has 0 saturated heterocycles. The van der Waals surface area contributed by atoms with Crippen LogP contribution in [0.4, 0.5) is 0 Å². The first-order chi connectivity index (χ1) is 6.97. The van der Waals surface area contributed by atoms with Crippen molar-refractivity contribution in [1.82, 2.24) is 9.03 Å². The fourth-order valence-electron chi connectivity index (χ4n) is 1.33. The Morgan fingerprint density at radius 1 is 1.53 bits per heavy atom. The maximum atomic E-state index is 11.6. The highest BCUT2D eigenvalue weighted by atomic mass is 32.2. The molecule has 1 rings (SSSR count). The predicted octanol–water partition coefficient (Wildman–Crippen LogP) is -0.220. The van der Waals surface area contributed by atoms with Gasteiger partial charge >= 0.3 is 5.97 Å². The molecule has 1 saturated carbocycles. The summed E-state index contributed by atoms with van der Waals surface area (Å²) >= 11 is 0. The number of nitrogens with zero attached hydrogens (tertiary/aromatic N) is 1. The van der Waals surface area contributed by atoms with Gasteiger partial charge < -0.3 is 5.11 Å². The zero-order valence-corrected chi connectivity index (χ0v) is 9.46. The zero-order chi connectivity index (χ0) is 11.5. The fraction of sp³-hybridized carbons (Fsp3) is 0.875. The summed E-state index contributed by atoms with van der Waals surface area (Å²) in [5.41, 5.74) is 0. The molecule has 0 heterocycles. The van der Waals surface area contributed by atoms with Gasteiger partial charge in [0.15, 0.2) is 0 Å². The van der Waals surface area contributed by atoms with Gasteiger partial charge in [-0.25, -0.2) is 4.72 Å². The average Bonchev–Trinajstić information content (AvgIpc) is 2.87. The fourth-order valence-corrected chi connectivity index (χ4v) is 2.80. The van der Waals surface area contributed by atoms with Gasteiger partial charge in [-0.2, -0.15) is 12.7 Å². The van der Waals surface area contributed by atoms with E-state index in [2.05, 4.69) is 4.72 Å². The minimum atomic E-state index is -3.48. The lowest BCUT2D eigenvalue weighted by Crippen LogP contribution is -2.43. The summed E-state index contributed by atoms with van der Waals surface area (Å²) in [6.45, 7) is 2.06. The lowest BCUT2D eigenvalue weighted by atomic mass is 10.4. The number of aliphatic carboxylic acids is 1. The molecule has 2 N–H and O–H groups in total. The Bertz CT molecular complexity index is 324. The summed E-state index contributed by atoms with van der Waals surface area (Å²) in [6, 6.07) is -0.00611. The zero-order valence-electron chi connectivity index (χ0n) is 8.64. The lowest BCUT2D eigenvalue weighted by Gasteiger charge is -2.20. The number of nitrogens with one attached hydrogen (secondary N) is 1. The summed E-state index contributed by atoms with van der Waals surface area (Å²) in [4.78, 5) is 10.4. The molecule has 0 aliphatic heterocycles. The van der Waals surface area contributed by atoms with E-state index >= 15 is 0 Å². The largest absolute Gasteiger partial charge is 0.481 e. The monoisotopic (exact) mass is 236 g/mol. The molecule has 0 spiro atoms. The summed E-state index contributed by atoms with van der Waals surface area (Å²) in [7, 11) is -3.48. The van der Waals surface area contributed by atoms with E-state index < -0.39 is 16.2 Å². The number of hydrogen-bond donors (Lipinski definition) is 2. The maximum Gasteiger partial charge on any atom is 0.304 e. The number of carboxylic acids is 1. The predicted molar refractivity (Wildman–Crippen MR) is 54.6 cm³/mol. The maximum absolute atomic E-state index is 11.6. The van der Waals surface area contributed by atoms with Gasteiger partial charge in [0.1, 0.15) is 0 Å². The molecule has 0 aromatic carbocycles. The molecule has 0 aromatic heterocycles. The second-order valence-corrected chi connectivity index (χ2v) is 5.20. The first kappa shape index (κ1) is 12.4. The van der Waals surface area contributed by atoms with Crippen LogP contribution >= 0.6 is 0 Å². The van der Waals surface area contributed by atoms with Crippen LogP contribution in [0.2, 0.25) is 0 Å². The normalized spacial score (nSPS) is 16.9. The van der Waals surface area contributed by atoms with Gasteiger partial charge in [0.05, 0.1) is 6.42 Å². The van der Waals surface area contributed by atoms with E-state index in [4.69, 9.17) is 5.11 Å². The van der Waals surface area contributed by atoms with E-state index in [0.29, 0.717) is 6.54 Å². The SMILES string of the molecule is CCNS(=O)(=O)N(CCC(=O)O)C1CC1. The molecule has 0 aromatic rings. The Morgan fingerprint density at radius 3 is 2.53 bits per heavy atom. The topological polar surface area (TPSA) is 86.7 Å². The Kier molecular flexibility index (Phi) is 4.06. The van der Waals surface area contributed by atoms with Crippen LogP contribution in [0.15, 0.2) is 0 Å². The van der Waals surface area contributed by atoms with Gasteiger partial charge in [-0.15, -0.1) is 0 Å². The van der Waals surface area contributed by atoms with E-state index in [1.54, 1.807) is 6.92 Å². The van der Waals surface area contributed by atoms with Gasteiger partial charge in [-0.05, 0) is 12.8 Å². The average molecular weight is 236 g/mol. The summed E-state index contributed by atoms with van der Waals surface area (Å²) in [5.74, 6) is -0.979. The molecule has 1 aliphatic rings. The standard InChI is InChI=1S/C8H16N2O4S/c1-2-9-15(13,14)10(7-3-4-7)6-5-8(11)12/h7,9H,2-6H2,1H3,(H,11,12). The Balaban J connectivity index is 2.60. The molecule has 88 valence electrons. The first-order valence-electron chi connectivity index (χ1n) is 4.95. The van der Waals surface area contributed by atoms with E-state index in [0.717, 1.165) is 12.8 Å². The van der Waals surface area contributed by atoms with Crippen molar-refractivity contribution in [2.24, 2.45) is 0 Å². The van der Waals surface area contributed by atoms with E-state index in [9.17, 15) is 13.2 Å². The summed E-state index contributed by atoms with van der Waals surface area (Å²) in [6.07, 6.45) is 1.50. The highest BCUT2D eigenvalue weighted by molar-refractivity contribution is 7.87. The van der Waals surface area contributed by atoms with Gasteiger partial charge in [0, 0.05) is 19.1 Å². The molecule has 1 aliphatic carbocycles. The Hall–Kier alpha value is -0.660. The molecule has 0 bridgehead atoms. The third kappa shape index (κ3) is 3.77. The van der Waals surface area contributed by atoms with Crippen molar-refractivity contribution in [1.29, 1.82) is 0 Å². The smallest absolute Gasteiger partial charge is 0.304 e. The van der Waals surface area contributed by atoms with Crippen LogP contribution in [0.3, 0.4) is 0 Å². The molecule has 7 heteroatoms. The second-order valence-electron chi connectivity index (χ2n) is 3.49. The first-order valence-corrected chi connectivity index (χ1v) is 6.39. The van der Waals surface area contributed by atoms with Crippen molar-refractivity contribution < 1.29 is 18.3 Å². The van der Waals surface area contributed by atoms with Crippen molar-refractivity contribution in [3.63, 3.8) is 0 Å². The van der Waals surface area contributed by atoms with Crippen LogP contribution in [-0.2, 0) is 15.0 Å². The minimum Gasteiger partial charge on any atom is -0.481 e. The highest BCUT2D eigenvalue weighted by Crippen LogP contribution is 2.28. The van der Waals surface area contributed by atoms with Gasteiger partial charge in [-0.3, -0.25) is 4.79 Å². The molecular formula is C8H16N2O4S. The van der Waals surface area contributed by atoms with Crippen LogP contribution in [0, 0.1) is 0 Å². The minimum absolute atomic E-state index is 0.00611. The van der Waals surface area contributed by atoms with Crippen LogP contribution in [0.1, 0.15) is 26.2 Å². The van der Waals surface area contributed by atoms with Crippen LogP contribution in [-0.4, -0.2) is 42.9 Å². The van der Waals surface area contributed by atoms with Gasteiger partial charge in [0.2, 0.25) is 0 Å². The molecule has 0 radical (unpaired) electrons. The third-order valence-electron chi connectivity index (χ3n) is 2.14. The van der Waals surface area contributed by atoms with E-state index in [1.165, 1.54) is 4.31 Å². The third-order valence-corrected chi connectivity index (χ3v) is 3.89. The summed E-state index contributed by atoms with van der Waals surface area (Å²) in [5, 5.41) is 8.52. The van der Waals surface area contributed by atoms with Crippen molar-refractivity contribution in [3.8, 4) is 0 Å². The Morgan fingerprint density at radius 2 is 2.13 bits per heavy atom. The van der Waals surface area contributed by atoms with Gasteiger partial charge in [0.25, 0.3) is 10.2 Å². The molecule has 0 unspecified atom stereocenters. The van der Waals surface area contributed by atoms with Crippen molar-refractivity contribution in [2.45, 2.75) is 32.2 Å². The quantitative estimate of drug-likeness (QED) is 0.640. The van der Waals surface area contributed by atoms with Crippen LogP contribution < -0.4 is 4.72 Å². The van der Waals surface area contributed by atoms with Gasteiger partial charge in [-0.1, -0.05) is 6.92 Å². The number of hydrogen-bond acceptors (Lipinski definition) is 3. The van der Waals surface area contributed by atoms with Crippen LogP contribution in [0.5, 0.6) is 0 Å².